The minimum Gasteiger partial charge on any atom is -0.495 e. The van der Waals surface area contributed by atoms with Crippen molar-refractivity contribution in [3.8, 4) is 11.5 Å². The van der Waals surface area contributed by atoms with Gasteiger partial charge in [0.1, 0.15) is 11.5 Å². The molecule has 0 fully saturated rings. The maximum absolute atomic E-state index is 12.4. The summed E-state index contributed by atoms with van der Waals surface area (Å²) < 4.78 is 16.1. The number of esters is 1. The first-order valence-electron chi connectivity index (χ1n) is 8.86. The highest BCUT2D eigenvalue weighted by atomic mass is 16.6. The van der Waals surface area contributed by atoms with Crippen LogP contribution in [-0.4, -0.2) is 31.2 Å². The van der Waals surface area contributed by atoms with Crippen LogP contribution in [0.15, 0.2) is 48.5 Å². The maximum atomic E-state index is 12.4. The minimum absolute atomic E-state index is 0.149. The Labute approximate surface area is 159 Å². The molecular weight excluding hydrogens is 346 g/mol. The Balaban J connectivity index is 1.98. The maximum Gasteiger partial charge on any atom is 0.347 e. The van der Waals surface area contributed by atoms with E-state index in [4.69, 9.17) is 14.2 Å². The number of hydrogen-bond acceptors (Lipinski definition) is 5. The Bertz CT molecular complexity index is 772. The van der Waals surface area contributed by atoms with Crippen molar-refractivity contribution in [3.63, 3.8) is 0 Å². The number of hydrogen-bond donors (Lipinski definition) is 1. The Hall–Kier alpha value is -3.02. The third kappa shape index (κ3) is 5.74. The topological polar surface area (TPSA) is 73.9 Å². The van der Waals surface area contributed by atoms with E-state index in [1.165, 1.54) is 0 Å². The van der Waals surface area contributed by atoms with Crippen molar-refractivity contribution < 1.29 is 23.8 Å². The van der Waals surface area contributed by atoms with Gasteiger partial charge in [-0.1, -0.05) is 19.1 Å². The molecule has 0 aliphatic heterocycles. The SMILES string of the molecule is CCC(C)OC(=O)C(C)Oc1ccc(C(=O)Nc2ccccc2OC)cc1. The number of nitrogens with one attached hydrogen (secondary N) is 1. The number of ether oxygens (including phenoxy) is 3. The minimum atomic E-state index is -0.729. The van der Waals surface area contributed by atoms with Crippen LogP contribution in [-0.2, 0) is 9.53 Å². The number of carbonyl (C=O) groups excluding carboxylic acids is 2. The molecule has 2 unspecified atom stereocenters. The molecule has 1 amide bonds. The first kappa shape index (κ1) is 20.3. The first-order valence-corrected chi connectivity index (χ1v) is 8.86. The van der Waals surface area contributed by atoms with Gasteiger partial charge in [0.2, 0.25) is 0 Å². The van der Waals surface area contributed by atoms with E-state index in [-0.39, 0.29) is 12.0 Å². The number of rotatable bonds is 8. The molecule has 144 valence electrons. The Morgan fingerprint density at radius 1 is 1.04 bits per heavy atom. The standard InChI is InChI=1S/C21H25NO5/c1-5-14(2)26-21(24)15(3)27-17-12-10-16(11-13-17)20(23)22-18-8-6-7-9-19(18)25-4/h6-15H,5H2,1-4H3,(H,22,23). The van der Waals surface area contributed by atoms with Gasteiger partial charge in [-0.25, -0.2) is 4.79 Å². The molecule has 0 aromatic heterocycles. The zero-order chi connectivity index (χ0) is 19.8. The highest BCUT2D eigenvalue weighted by molar-refractivity contribution is 6.05. The quantitative estimate of drug-likeness (QED) is 0.709. The molecule has 2 aromatic carbocycles. The molecule has 2 atom stereocenters. The van der Waals surface area contributed by atoms with Gasteiger partial charge in [-0.15, -0.1) is 0 Å². The van der Waals surface area contributed by atoms with E-state index in [1.54, 1.807) is 50.4 Å². The molecule has 6 nitrogen and oxygen atoms in total. The van der Waals surface area contributed by atoms with Gasteiger partial charge >= 0.3 is 5.97 Å². The summed E-state index contributed by atoms with van der Waals surface area (Å²) in [7, 11) is 1.55. The van der Waals surface area contributed by atoms with Crippen LogP contribution in [0.4, 0.5) is 5.69 Å². The first-order chi connectivity index (χ1) is 12.9. The van der Waals surface area contributed by atoms with E-state index >= 15 is 0 Å². The Morgan fingerprint density at radius 3 is 2.33 bits per heavy atom. The largest absolute Gasteiger partial charge is 0.495 e. The van der Waals surface area contributed by atoms with Crippen molar-refractivity contribution in [2.24, 2.45) is 0 Å². The number of amides is 1. The van der Waals surface area contributed by atoms with Crippen LogP contribution in [0.2, 0.25) is 0 Å². The van der Waals surface area contributed by atoms with Crippen molar-refractivity contribution in [2.45, 2.75) is 39.4 Å². The molecular formula is C21H25NO5. The number of anilines is 1. The van der Waals surface area contributed by atoms with Crippen LogP contribution in [0, 0.1) is 0 Å². The average Bonchev–Trinajstić information content (AvgIpc) is 2.68. The summed E-state index contributed by atoms with van der Waals surface area (Å²) in [6.45, 7) is 5.41. The van der Waals surface area contributed by atoms with Crippen molar-refractivity contribution in [3.05, 3.63) is 54.1 Å². The van der Waals surface area contributed by atoms with Crippen LogP contribution in [0.3, 0.4) is 0 Å². The van der Waals surface area contributed by atoms with Gasteiger partial charge in [-0.3, -0.25) is 4.79 Å². The molecule has 0 saturated heterocycles. The Kier molecular flexibility index (Phi) is 7.23. The fourth-order valence-electron chi connectivity index (χ4n) is 2.26. The summed E-state index contributed by atoms with van der Waals surface area (Å²) in [5, 5.41) is 2.81. The Morgan fingerprint density at radius 2 is 1.70 bits per heavy atom. The average molecular weight is 371 g/mol. The lowest BCUT2D eigenvalue weighted by molar-refractivity contribution is -0.155. The second kappa shape index (κ2) is 9.62. The predicted octanol–water partition coefficient (Wildman–Crippen LogP) is 4.06. The lowest BCUT2D eigenvalue weighted by Crippen LogP contribution is -2.29. The zero-order valence-corrected chi connectivity index (χ0v) is 16.0. The molecule has 1 N–H and O–H groups in total. The molecule has 0 spiro atoms. The lowest BCUT2D eigenvalue weighted by atomic mass is 10.2. The van der Waals surface area contributed by atoms with Gasteiger partial charge in [0, 0.05) is 5.56 Å². The molecule has 0 aliphatic carbocycles. The van der Waals surface area contributed by atoms with Crippen LogP contribution < -0.4 is 14.8 Å². The van der Waals surface area contributed by atoms with Crippen molar-refractivity contribution >= 4 is 17.6 Å². The molecule has 2 rings (SSSR count). The molecule has 0 aliphatic rings. The summed E-state index contributed by atoms with van der Waals surface area (Å²) >= 11 is 0. The van der Waals surface area contributed by atoms with Crippen molar-refractivity contribution in [2.75, 3.05) is 12.4 Å². The fourth-order valence-corrected chi connectivity index (χ4v) is 2.26. The molecule has 27 heavy (non-hydrogen) atoms. The van der Waals surface area contributed by atoms with Gasteiger partial charge in [0.05, 0.1) is 18.9 Å². The van der Waals surface area contributed by atoms with Crippen LogP contribution >= 0.6 is 0 Å². The van der Waals surface area contributed by atoms with Crippen molar-refractivity contribution in [1.29, 1.82) is 0 Å². The van der Waals surface area contributed by atoms with Crippen molar-refractivity contribution in [1.82, 2.24) is 0 Å². The summed E-state index contributed by atoms with van der Waals surface area (Å²) in [5.74, 6) is 0.384. The second-order valence-electron chi connectivity index (χ2n) is 6.09. The van der Waals surface area contributed by atoms with Crippen LogP contribution in [0.1, 0.15) is 37.6 Å². The fraction of sp³-hybridized carbons (Fsp3) is 0.333. The molecule has 0 radical (unpaired) electrons. The molecule has 0 bridgehead atoms. The predicted molar refractivity (Wildman–Crippen MR) is 103 cm³/mol. The number of benzene rings is 2. The van der Waals surface area contributed by atoms with Gasteiger partial charge in [-0.2, -0.15) is 0 Å². The van der Waals surface area contributed by atoms with Crippen LogP contribution in [0.25, 0.3) is 0 Å². The summed E-state index contributed by atoms with van der Waals surface area (Å²) in [6, 6.07) is 13.7. The van der Waals surface area contributed by atoms with Gasteiger partial charge in [0.25, 0.3) is 5.91 Å². The monoisotopic (exact) mass is 371 g/mol. The molecule has 0 heterocycles. The van der Waals surface area contributed by atoms with E-state index in [0.717, 1.165) is 6.42 Å². The third-order valence-electron chi connectivity index (χ3n) is 4.01. The summed E-state index contributed by atoms with van der Waals surface area (Å²) in [5.41, 5.74) is 1.05. The normalized spacial score (nSPS) is 12.6. The van der Waals surface area contributed by atoms with E-state index < -0.39 is 12.1 Å². The second-order valence-corrected chi connectivity index (χ2v) is 6.09. The van der Waals surface area contributed by atoms with Crippen LogP contribution in [0.5, 0.6) is 11.5 Å². The number of carbonyl (C=O) groups is 2. The number of methoxy groups -OCH3 is 1. The summed E-state index contributed by atoms with van der Waals surface area (Å²) in [4.78, 5) is 24.3. The molecule has 0 saturated carbocycles. The molecule has 6 heteroatoms. The lowest BCUT2D eigenvalue weighted by Gasteiger charge is -2.17. The zero-order valence-electron chi connectivity index (χ0n) is 16.0. The van der Waals surface area contributed by atoms with E-state index in [0.29, 0.717) is 22.7 Å². The highest BCUT2D eigenvalue weighted by Gasteiger charge is 2.18. The summed E-state index contributed by atoms with van der Waals surface area (Å²) in [6.07, 6.45) is -0.133. The molecule has 2 aromatic rings. The van der Waals surface area contributed by atoms with E-state index in [9.17, 15) is 9.59 Å². The van der Waals surface area contributed by atoms with E-state index in [2.05, 4.69) is 5.32 Å². The smallest absolute Gasteiger partial charge is 0.347 e. The highest BCUT2D eigenvalue weighted by Crippen LogP contribution is 2.24. The third-order valence-corrected chi connectivity index (χ3v) is 4.01. The van der Waals surface area contributed by atoms with Gasteiger partial charge < -0.3 is 19.5 Å². The van der Waals surface area contributed by atoms with Gasteiger partial charge in [-0.05, 0) is 56.7 Å². The van der Waals surface area contributed by atoms with Gasteiger partial charge in [0.15, 0.2) is 6.10 Å². The van der Waals surface area contributed by atoms with E-state index in [1.807, 2.05) is 26.0 Å². The number of para-hydroxylation sites is 2.